The van der Waals surface area contributed by atoms with E-state index in [2.05, 4.69) is 15.9 Å². The largest absolute Gasteiger partial charge is 0.458 e. The molecule has 0 radical (unpaired) electrons. The molecule has 1 N–H and O–H groups in total. The Labute approximate surface area is 206 Å². The minimum Gasteiger partial charge on any atom is -0.458 e. The number of carbonyl (C=O) groups excluding carboxylic acids is 4. The highest BCUT2D eigenvalue weighted by molar-refractivity contribution is 9.10. The summed E-state index contributed by atoms with van der Waals surface area (Å²) in [5.41, 5.74) is -2.92. The van der Waals surface area contributed by atoms with Crippen LogP contribution in [0.15, 0.2) is 11.6 Å². The smallest absolute Gasteiger partial charge is 0.303 e. The maximum atomic E-state index is 15.6. The Morgan fingerprint density at radius 1 is 1.18 bits per heavy atom. The van der Waals surface area contributed by atoms with Crippen molar-refractivity contribution in [3.05, 3.63) is 11.6 Å². The molecule has 188 valence electrons. The number of fused-ring (bicyclic) bond motifs is 5. The molecule has 0 aromatic heterocycles. The van der Waals surface area contributed by atoms with Crippen molar-refractivity contribution in [1.82, 2.24) is 0 Å². The van der Waals surface area contributed by atoms with Crippen LogP contribution in [-0.2, 0) is 28.7 Å². The molecule has 7 nitrogen and oxygen atoms in total. The average molecular weight is 543 g/mol. The normalized spacial score (nSPS) is 45.4. The van der Waals surface area contributed by atoms with Gasteiger partial charge in [0, 0.05) is 31.1 Å². The lowest BCUT2D eigenvalue weighted by Crippen LogP contribution is -2.70. The number of hydrogen-bond donors (Lipinski definition) is 1. The number of aliphatic hydroxyl groups excluding tert-OH is 1. The van der Waals surface area contributed by atoms with Gasteiger partial charge in [-0.25, -0.2) is 4.39 Å². The van der Waals surface area contributed by atoms with Crippen molar-refractivity contribution >= 4 is 39.4 Å². The van der Waals surface area contributed by atoms with Gasteiger partial charge in [0.05, 0.1) is 10.4 Å². The van der Waals surface area contributed by atoms with Gasteiger partial charge in [0.2, 0.25) is 5.78 Å². The van der Waals surface area contributed by atoms with Gasteiger partial charge < -0.3 is 14.6 Å². The molecular formula is C25H32BrFO7. The third kappa shape index (κ3) is 3.29. The van der Waals surface area contributed by atoms with E-state index in [1.807, 2.05) is 13.8 Å². The van der Waals surface area contributed by atoms with Gasteiger partial charge in [-0.1, -0.05) is 29.8 Å². The minimum absolute atomic E-state index is 0.0888. The van der Waals surface area contributed by atoms with Crippen LogP contribution in [0.3, 0.4) is 0 Å². The zero-order valence-corrected chi connectivity index (χ0v) is 21.6. The summed E-state index contributed by atoms with van der Waals surface area (Å²) in [5.74, 6) is -2.51. The van der Waals surface area contributed by atoms with Crippen LogP contribution in [0.5, 0.6) is 0 Å². The summed E-state index contributed by atoms with van der Waals surface area (Å²) < 4.78 is 25.4. The zero-order valence-electron chi connectivity index (χ0n) is 20.0. The van der Waals surface area contributed by atoms with Gasteiger partial charge in [-0.15, -0.1) is 0 Å². The van der Waals surface area contributed by atoms with Crippen molar-refractivity contribution in [2.75, 3.05) is 6.61 Å². The number of Topliss-reactive ketones (excluding diaryl/α,β-unsaturated/α-hetero) is 1. The van der Waals surface area contributed by atoms with Crippen molar-refractivity contribution in [2.24, 2.45) is 22.7 Å². The Morgan fingerprint density at radius 3 is 2.47 bits per heavy atom. The van der Waals surface area contributed by atoms with E-state index >= 15 is 4.39 Å². The van der Waals surface area contributed by atoms with Crippen LogP contribution in [0, 0.1) is 22.7 Å². The maximum absolute atomic E-state index is 15.6. The van der Waals surface area contributed by atoms with E-state index in [1.54, 1.807) is 0 Å². The van der Waals surface area contributed by atoms with Crippen LogP contribution in [0.4, 0.5) is 4.39 Å². The van der Waals surface area contributed by atoms with E-state index in [-0.39, 0.29) is 43.3 Å². The molecule has 4 rings (SSSR count). The molecule has 0 spiro atoms. The summed E-state index contributed by atoms with van der Waals surface area (Å²) in [4.78, 5) is 49.1. The number of rotatable bonds is 4. The van der Waals surface area contributed by atoms with Crippen LogP contribution >= 0.6 is 15.9 Å². The van der Waals surface area contributed by atoms with E-state index in [4.69, 9.17) is 9.47 Å². The lowest BCUT2D eigenvalue weighted by atomic mass is 9.45. The maximum Gasteiger partial charge on any atom is 0.303 e. The average Bonchev–Trinajstić information content (AvgIpc) is 3.02. The molecule has 0 aromatic carbocycles. The number of halogens is 2. The molecule has 3 fully saturated rings. The van der Waals surface area contributed by atoms with Crippen molar-refractivity contribution in [3.8, 4) is 0 Å². The molecule has 3 saturated carbocycles. The second-order valence-corrected chi connectivity index (χ2v) is 12.2. The van der Waals surface area contributed by atoms with Crippen molar-refractivity contribution in [2.45, 2.75) is 88.4 Å². The first-order chi connectivity index (χ1) is 15.7. The van der Waals surface area contributed by atoms with E-state index in [9.17, 15) is 24.3 Å². The molecule has 34 heavy (non-hydrogen) atoms. The van der Waals surface area contributed by atoms with Crippen LogP contribution < -0.4 is 0 Å². The van der Waals surface area contributed by atoms with Gasteiger partial charge in [0.15, 0.2) is 18.0 Å². The number of hydrogen-bond acceptors (Lipinski definition) is 7. The van der Waals surface area contributed by atoms with Gasteiger partial charge in [-0.05, 0) is 55.6 Å². The molecule has 0 heterocycles. The quantitative estimate of drug-likeness (QED) is 0.428. The first-order valence-corrected chi connectivity index (χ1v) is 12.6. The summed E-state index contributed by atoms with van der Waals surface area (Å²) in [7, 11) is 0. The third-order valence-electron chi connectivity index (χ3n) is 9.32. The van der Waals surface area contributed by atoms with Gasteiger partial charge in [0.1, 0.15) is 6.17 Å². The summed E-state index contributed by atoms with van der Waals surface area (Å²) in [6.07, 6.45) is 0.672. The summed E-state index contributed by atoms with van der Waals surface area (Å²) >= 11 is 3.89. The second-order valence-electron chi connectivity index (χ2n) is 10.9. The van der Waals surface area contributed by atoms with Crippen molar-refractivity contribution < 1.29 is 38.1 Å². The highest BCUT2D eigenvalue weighted by Crippen LogP contribution is 2.72. The predicted octanol–water partition coefficient (Wildman–Crippen LogP) is 3.39. The molecule has 0 saturated heterocycles. The molecular weight excluding hydrogens is 511 g/mol. The molecule has 8 atom stereocenters. The number of alkyl halides is 2. The van der Waals surface area contributed by atoms with Crippen LogP contribution in [0.25, 0.3) is 0 Å². The topological polar surface area (TPSA) is 107 Å². The fraction of sp³-hybridized carbons (Fsp3) is 0.760. The van der Waals surface area contributed by atoms with Gasteiger partial charge in [-0.2, -0.15) is 0 Å². The molecule has 0 aromatic rings. The Bertz CT molecular complexity index is 980. The second kappa shape index (κ2) is 8.22. The van der Waals surface area contributed by atoms with Crippen LogP contribution in [0.1, 0.15) is 66.2 Å². The zero-order chi connectivity index (χ0) is 25.3. The Morgan fingerprint density at radius 2 is 1.85 bits per heavy atom. The monoisotopic (exact) mass is 542 g/mol. The summed E-state index contributed by atoms with van der Waals surface area (Å²) in [6, 6.07) is 0. The van der Waals surface area contributed by atoms with E-state index in [0.717, 1.165) is 0 Å². The lowest BCUT2D eigenvalue weighted by molar-refractivity contribution is -0.198. The molecule has 4 aliphatic carbocycles. The van der Waals surface area contributed by atoms with E-state index < -0.39 is 57.4 Å². The van der Waals surface area contributed by atoms with Crippen molar-refractivity contribution in [1.29, 1.82) is 0 Å². The Hall–Kier alpha value is -1.61. The third-order valence-corrected chi connectivity index (χ3v) is 11.3. The number of carbonyl (C=O) groups is 4. The fourth-order valence-corrected chi connectivity index (χ4v) is 8.85. The lowest BCUT2D eigenvalue weighted by Gasteiger charge is -2.65. The molecule has 0 amide bonds. The predicted molar refractivity (Wildman–Crippen MR) is 123 cm³/mol. The molecule has 2 unspecified atom stereocenters. The number of ether oxygens (including phenoxy) is 2. The van der Waals surface area contributed by atoms with E-state index in [0.29, 0.717) is 18.4 Å². The minimum atomic E-state index is -1.58. The van der Waals surface area contributed by atoms with Gasteiger partial charge in [-0.3, -0.25) is 19.2 Å². The molecule has 4 aliphatic rings. The standard InChI is InChI=1S/C25H32BrFO7/c1-13(28)33-12-21(32)24(34-14(2)29)8-6-16-17-10-19(27)18-9-15(30)5-7-22(18,3)25(17,26)20(31)11-23(16,24)4/h9,16-17,19-20,31H,5-8,10-12H2,1-4H3/t16-,17-,19?,20?,22-,23-,24-,25-/m0/s1. The van der Waals surface area contributed by atoms with Crippen LogP contribution in [-0.4, -0.2) is 57.4 Å². The first-order valence-electron chi connectivity index (χ1n) is 11.8. The number of esters is 2. The molecule has 9 heteroatoms. The van der Waals surface area contributed by atoms with Gasteiger partial charge in [0.25, 0.3) is 0 Å². The molecule has 0 aliphatic heterocycles. The Kier molecular flexibility index (Phi) is 6.16. The fourth-order valence-electron chi connectivity index (χ4n) is 7.76. The first kappa shape index (κ1) is 25.5. The van der Waals surface area contributed by atoms with Gasteiger partial charge >= 0.3 is 11.9 Å². The Balaban J connectivity index is 1.80. The molecule has 0 bridgehead atoms. The number of aliphatic hydroxyl groups is 1. The highest BCUT2D eigenvalue weighted by Gasteiger charge is 2.75. The number of ketones is 2. The summed E-state index contributed by atoms with van der Waals surface area (Å²) in [6.45, 7) is 5.61. The van der Waals surface area contributed by atoms with E-state index in [1.165, 1.54) is 19.9 Å². The number of allylic oxidation sites excluding steroid dienone is 1. The highest BCUT2D eigenvalue weighted by atomic mass is 79.9. The SMILES string of the molecule is CC(=O)OCC(=O)[C@@]1(OC(C)=O)CC[C@H]2[C@@H]3CC(F)C4=CC(=O)CC[C@]4(C)[C@@]3(Br)C(O)C[C@@]21C. The summed E-state index contributed by atoms with van der Waals surface area (Å²) in [5, 5.41) is 11.7. The van der Waals surface area contributed by atoms with Crippen molar-refractivity contribution in [3.63, 3.8) is 0 Å². The van der Waals surface area contributed by atoms with Crippen LogP contribution in [0.2, 0.25) is 0 Å².